The molecule has 0 heterocycles. The summed E-state index contributed by atoms with van der Waals surface area (Å²) in [5.41, 5.74) is 5.65. The molecule has 2 aromatic rings. The number of rotatable bonds is 4. The number of benzene rings is 2. The van der Waals surface area contributed by atoms with Crippen molar-refractivity contribution in [2.45, 2.75) is 29.2 Å². The van der Waals surface area contributed by atoms with Crippen molar-refractivity contribution in [2.24, 2.45) is 5.73 Å². The molecule has 0 spiro atoms. The van der Waals surface area contributed by atoms with E-state index in [0.29, 0.717) is 5.56 Å². The average Bonchev–Trinajstić information content (AvgIpc) is 2.39. The Labute approximate surface area is 118 Å². The van der Waals surface area contributed by atoms with E-state index in [-0.39, 0.29) is 5.78 Å². The Hall–Kier alpha value is -1.58. The first kappa shape index (κ1) is 13.8. The van der Waals surface area contributed by atoms with Crippen LogP contribution < -0.4 is 5.73 Å². The van der Waals surface area contributed by atoms with E-state index in [4.69, 9.17) is 5.73 Å². The van der Waals surface area contributed by atoms with Gasteiger partial charge in [0.2, 0.25) is 0 Å². The third-order valence-electron chi connectivity index (χ3n) is 2.68. The van der Waals surface area contributed by atoms with Gasteiger partial charge >= 0.3 is 0 Å². The van der Waals surface area contributed by atoms with Gasteiger partial charge in [0.1, 0.15) is 0 Å². The fraction of sp³-hybridized carbons (Fsp3) is 0.188. The third kappa shape index (κ3) is 3.69. The van der Waals surface area contributed by atoms with Gasteiger partial charge in [-0.15, -0.1) is 0 Å². The zero-order valence-electron chi connectivity index (χ0n) is 11.1. The molecule has 0 bridgehead atoms. The van der Waals surface area contributed by atoms with Crippen LogP contribution >= 0.6 is 11.8 Å². The zero-order chi connectivity index (χ0) is 13.9. The Morgan fingerprint density at radius 2 is 1.47 bits per heavy atom. The summed E-state index contributed by atoms with van der Waals surface area (Å²) in [6.45, 7) is 3.45. The summed E-state index contributed by atoms with van der Waals surface area (Å²) in [5, 5.41) is 0. The van der Waals surface area contributed by atoms with Crippen molar-refractivity contribution in [3.63, 3.8) is 0 Å². The van der Waals surface area contributed by atoms with Crippen molar-refractivity contribution < 1.29 is 4.79 Å². The number of Topliss-reactive ketones (excluding diaryl/α,β-unsaturated/α-hetero) is 1. The van der Waals surface area contributed by atoms with Crippen LogP contribution in [0.3, 0.4) is 0 Å². The summed E-state index contributed by atoms with van der Waals surface area (Å²) in [4.78, 5) is 14.3. The lowest BCUT2D eigenvalue weighted by atomic mass is 9.95. The van der Waals surface area contributed by atoms with E-state index in [1.807, 2.05) is 42.5 Å². The lowest BCUT2D eigenvalue weighted by Crippen LogP contribution is -2.41. The number of hydrogen-bond donors (Lipinski definition) is 1. The second-order valence-electron chi connectivity index (χ2n) is 4.99. The summed E-state index contributed by atoms with van der Waals surface area (Å²) >= 11 is 1.67. The van der Waals surface area contributed by atoms with Gasteiger partial charge in [0, 0.05) is 15.4 Å². The maximum absolute atomic E-state index is 12.0. The Balaban J connectivity index is 2.13. The first-order valence-corrected chi connectivity index (χ1v) is 6.95. The average molecular weight is 271 g/mol. The Bertz CT molecular complexity index is 556. The molecule has 2 rings (SSSR count). The van der Waals surface area contributed by atoms with E-state index in [1.165, 1.54) is 4.90 Å². The normalized spacial score (nSPS) is 11.3. The highest BCUT2D eigenvalue weighted by Gasteiger charge is 2.23. The Kier molecular flexibility index (Phi) is 4.08. The second-order valence-corrected chi connectivity index (χ2v) is 6.14. The van der Waals surface area contributed by atoms with Crippen LogP contribution in [0.5, 0.6) is 0 Å². The van der Waals surface area contributed by atoms with Crippen LogP contribution in [0.15, 0.2) is 64.4 Å². The van der Waals surface area contributed by atoms with Crippen LogP contribution in [0.4, 0.5) is 0 Å². The maximum atomic E-state index is 12.0. The predicted molar refractivity (Wildman–Crippen MR) is 79.6 cm³/mol. The van der Waals surface area contributed by atoms with Crippen molar-refractivity contribution in [3.05, 3.63) is 60.2 Å². The van der Waals surface area contributed by atoms with Crippen LogP contribution in [-0.2, 0) is 0 Å². The summed E-state index contributed by atoms with van der Waals surface area (Å²) in [5.74, 6) is -0.0382. The van der Waals surface area contributed by atoms with Gasteiger partial charge in [0.15, 0.2) is 5.78 Å². The van der Waals surface area contributed by atoms with Gasteiger partial charge in [-0.3, -0.25) is 4.79 Å². The Morgan fingerprint density at radius 3 is 2.00 bits per heavy atom. The van der Waals surface area contributed by atoms with Crippen LogP contribution in [0, 0.1) is 0 Å². The number of carbonyl (C=O) groups excluding carboxylic acids is 1. The Morgan fingerprint density at radius 1 is 0.947 bits per heavy atom. The largest absolute Gasteiger partial charge is 0.319 e. The van der Waals surface area contributed by atoms with Gasteiger partial charge < -0.3 is 5.73 Å². The quantitative estimate of drug-likeness (QED) is 0.861. The van der Waals surface area contributed by atoms with Crippen LogP contribution in [0.1, 0.15) is 24.2 Å². The van der Waals surface area contributed by atoms with Gasteiger partial charge in [-0.2, -0.15) is 0 Å². The molecule has 2 nitrogen and oxygen atoms in total. The summed E-state index contributed by atoms with van der Waals surface area (Å²) < 4.78 is 0. The molecule has 3 heteroatoms. The van der Waals surface area contributed by atoms with E-state index >= 15 is 0 Å². The van der Waals surface area contributed by atoms with Crippen molar-refractivity contribution in [1.29, 1.82) is 0 Å². The summed E-state index contributed by atoms with van der Waals surface area (Å²) in [6.07, 6.45) is 0. The van der Waals surface area contributed by atoms with Gasteiger partial charge in [0.05, 0.1) is 5.54 Å². The standard InChI is InChI=1S/C16H17NOS/c1-16(2,17)15(18)12-8-10-14(11-9-12)19-13-6-4-3-5-7-13/h3-11H,17H2,1-2H3. The monoisotopic (exact) mass is 271 g/mol. The molecule has 2 aromatic carbocycles. The van der Waals surface area contributed by atoms with E-state index < -0.39 is 5.54 Å². The molecule has 0 saturated carbocycles. The minimum absolute atomic E-state index is 0.0382. The topological polar surface area (TPSA) is 43.1 Å². The summed E-state index contributed by atoms with van der Waals surface area (Å²) in [6, 6.07) is 17.7. The number of hydrogen-bond acceptors (Lipinski definition) is 3. The highest BCUT2D eigenvalue weighted by Crippen LogP contribution is 2.27. The lowest BCUT2D eigenvalue weighted by Gasteiger charge is -2.16. The van der Waals surface area contributed by atoms with Crippen LogP contribution in [-0.4, -0.2) is 11.3 Å². The lowest BCUT2D eigenvalue weighted by molar-refractivity contribution is 0.0913. The molecule has 0 saturated heterocycles. The molecule has 0 amide bonds. The van der Waals surface area contributed by atoms with Crippen LogP contribution in [0.25, 0.3) is 0 Å². The predicted octanol–water partition coefficient (Wildman–Crippen LogP) is 3.76. The van der Waals surface area contributed by atoms with E-state index in [2.05, 4.69) is 12.1 Å². The molecular weight excluding hydrogens is 254 g/mol. The second kappa shape index (κ2) is 5.59. The highest BCUT2D eigenvalue weighted by atomic mass is 32.2. The first-order chi connectivity index (χ1) is 8.97. The molecule has 0 atom stereocenters. The van der Waals surface area contributed by atoms with Crippen LogP contribution in [0.2, 0.25) is 0 Å². The van der Waals surface area contributed by atoms with E-state index in [0.717, 1.165) is 4.90 Å². The molecule has 98 valence electrons. The van der Waals surface area contributed by atoms with Gasteiger partial charge in [-0.05, 0) is 38.1 Å². The molecule has 0 fully saturated rings. The number of carbonyl (C=O) groups is 1. The van der Waals surface area contributed by atoms with Crippen molar-refractivity contribution in [1.82, 2.24) is 0 Å². The molecular formula is C16H17NOS. The molecule has 0 aliphatic heterocycles. The number of nitrogens with two attached hydrogens (primary N) is 1. The smallest absolute Gasteiger partial charge is 0.182 e. The van der Waals surface area contributed by atoms with Crippen molar-refractivity contribution in [2.75, 3.05) is 0 Å². The molecule has 0 aliphatic carbocycles. The van der Waals surface area contributed by atoms with Gasteiger partial charge in [-0.1, -0.05) is 42.1 Å². The minimum atomic E-state index is -0.825. The van der Waals surface area contributed by atoms with Gasteiger partial charge in [-0.25, -0.2) is 0 Å². The van der Waals surface area contributed by atoms with E-state index in [1.54, 1.807) is 25.6 Å². The molecule has 0 unspecified atom stereocenters. The fourth-order valence-corrected chi connectivity index (χ4v) is 2.51. The number of ketones is 1. The molecule has 0 radical (unpaired) electrons. The maximum Gasteiger partial charge on any atom is 0.182 e. The minimum Gasteiger partial charge on any atom is -0.319 e. The summed E-state index contributed by atoms with van der Waals surface area (Å²) in [7, 11) is 0. The third-order valence-corrected chi connectivity index (χ3v) is 3.70. The molecule has 0 aliphatic rings. The van der Waals surface area contributed by atoms with Crippen molar-refractivity contribution in [3.8, 4) is 0 Å². The fourth-order valence-electron chi connectivity index (χ4n) is 1.67. The van der Waals surface area contributed by atoms with Crippen molar-refractivity contribution >= 4 is 17.5 Å². The SMILES string of the molecule is CC(C)(N)C(=O)c1ccc(Sc2ccccc2)cc1. The van der Waals surface area contributed by atoms with E-state index in [9.17, 15) is 4.79 Å². The molecule has 19 heavy (non-hydrogen) atoms. The molecule has 0 aromatic heterocycles. The van der Waals surface area contributed by atoms with Gasteiger partial charge in [0.25, 0.3) is 0 Å². The first-order valence-electron chi connectivity index (χ1n) is 6.13. The molecule has 2 N–H and O–H groups in total. The highest BCUT2D eigenvalue weighted by molar-refractivity contribution is 7.99. The zero-order valence-corrected chi connectivity index (χ0v) is 11.9.